The first-order valence-corrected chi connectivity index (χ1v) is 22.5. The molecule has 8 nitrogen and oxygen atoms in total. The number of fused-ring (bicyclic) bond motifs is 2. The van der Waals surface area contributed by atoms with Gasteiger partial charge < -0.3 is 27.5 Å². The van der Waals surface area contributed by atoms with Gasteiger partial charge in [0.15, 0.2) is 14.1 Å². The lowest BCUT2D eigenvalue weighted by atomic mass is 9.82. The first-order chi connectivity index (χ1) is 23.6. The number of methoxy groups -OCH3 is 2. The normalized spacial score (nSPS) is 19.1. The molecule has 0 saturated heterocycles. The minimum Gasteiger partial charge on any atom is -0.510 e. The average Bonchev–Trinajstić information content (AvgIpc) is 3.03. The van der Waals surface area contributed by atoms with Crippen LogP contribution in [0.15, 0.2) is 36.4 Å². The van der Waals surface area contributed by atoms with Gasteiger partial charge in [0.1, 0.15) is 35.4 Å². The van der Waals surface area contributed by atoms with Crippen LogP contribution in [0.25, 0.3) is 16.8 Å². The smallest absolute Gasteiger partial charge is 0.471 e. The monoisotopic (exact) mass is 732 g/mol. The SMILES string of the molecule is COc1ccc(CO[C@H]2C[C@H](O[Si](C)(C)C(C)(C)C)C(=O)c3c2c(OC)c2cc(C)c(/C=C/C=O)c4c2c3O[Si](C(C)(C)C)(C(C)(C)C)O4)cc1. The zero-order chi connectivity index (χ0) is 37.9. The zero-order valence-electron chi connectivity index (χ0n) is 33.0. The van der Waals surface area contributed by atoms with E-state index in [1.165, 1.54) is 6.08 Å². The molecule has 276 valence electrons. The molecule has 0 unspecified atom stereocenters. The van der Waals surface area contributed by atoms with E-state index in [4.69, 9.17) is 27.5 Å². The Morgan fingerprint density at radius 1 is 0.902 bits per heavy atom. The maximum Gasteiger partial charge on any atom is 0.471 e. The summed E-state index contributed by atoms with van der Waals surface area (Å²) < 4.78 is 40.1. The molecule has 3 aromatic rings. The maximum atomic E-state index is 15.2. The maximum absolute atomic E-state index is 15.2. The van der Waals surface area contributed by atoms with Crippen molar-refractivity contribution in [2.24, 2.45) is 0 Å². The van der Waals surface area contributed by atoms with E-state index >= 15 is 4.79 Å². The third-order valence-corrected chi connectivity index (χ3v) is 20.3. The molecule has 51 heavy (non-hydrogen) atoms. The van der Waals surface area contributed by atoms with Crippen LogP contribution in [-0.2, 0) is 20.6 Å². The Kier molecular flexibility index (Phi) is 10.3. The lowest BCUT2D eigenvalue weighted by Crippen LogP contribution is -2.63. The topological polar surface area (TPSA) is 89.5 Å². The van der Waals surface area contributed by atoms with Crippen LogP contribution < -0.4 is 18.3 Å². The largest absolute Gasteiger partial charge is 0.510 e. The third kappa shape index (κ3) is 6.69. The summed E-state index contributed by atoms with van der Waals surface area (Å²) >= 11 is 0. The first kappa shape index (κ1) is 38.8. The van der Waals surface area contributed by atoms with E-state index in [-0.39, 0.29) is 10.8 Å². The molecule has 0 spiro atoms. The van der Waals surface area contributed by atoms with Crippen molar-refractivity contribution in [1.29, 1.82) is 0 Å². The van der Waals surface area contributed by atoms with Crippen LogP contribution >= 0.6 is 0 Å². The van der Waals surface area contributed by atoms with Gasteiger partial charge >= 0.3 is 8.56 Å². The van der Waals surface area contributed by atoms with Crippen molar-refractivity contribution in [3.63, 3.8) is 0 Å². The highest BCUT2D eigenvalue weighted by atomic mass is 28.4. The van der Waals surface area contributed by atoms with Gasteiger partial charge in [-0.2, -0.15) is 0 Å². The highest BCUT2D eigenvalue weighted by molar-refractivity contribution is 6.75. The van der Waals surface area contributed by atoms with Gasteiger partial charge in [-0.05, 0) is 66.5 Å². The van der Waals surface area contributed by atoms with Crippen molar-refractivity contribution in [2.45, 2.75) is 123 Å². The number of ketones is 1. The second kappa shape index (κ2) is 13.5. The highest BCUT2D eigenvalue weighted by Crippen LogP contribution is 2.61. The number of hydrogen-bond donors (Lipinski definition) is 0. The number of aryl methyl sites for hydroxylation is 1. The fourth-order valence-corrected chi connectivity index (χ4v) is 13.1. The van der Waals surface area contributed by atoms with Crippen LogP contribution in [0, 0.1) is 6.92 Å². The van der Waals surface area contributed by atoms with Crippen LogP contribution in [0.2, 0.25) is 28.2 Å². The molecule has 1 aliphatic heterocycles. The van der Waals surface area contributed by atoms with Crippen molar-refractivity contribution < 1.29 is 37.1 Å². The molecule has 10 heteroatoms. The Hall–Kier alpha value is -3.45. The number of hydrogen-bond acceptors (Lipinski definition) is 8. The van der Waals surface area contributed by atoms with Crippen molar-refractivity contribution in [1.82, 2.24) is 0 Å². The number of carbonyl (C=O) groups excluding carboxylic acids is 2. The number of benzene rings is 3. The lowest BCUT2D eigenvalue weighted by molar-refractivity contribution is -0.104. The van der Waals surface area contributed by atoms with E-state index in [1.807, 2.05) is 37.3 Å². The summed E-state index contributed by atoms with van der Waals surface area (Å²) in [7, 11) is -2.47. The van der Waals surface area contributed by atoms with E-state index in [9.17, 15) is 4.79 Å². The quantitative estimate of drug-likeness (QED) is 0.122. The molecule has 2 aliphatic rings. The van der Waals surface area contributed by atoms with E-state index in [2.05, 4.69) is 75.4 Å². The molecule has 0 N–H and O–H groups in total. The minimum atomic E-state index is -3.32. The van der Waals surface area contributed by atoms with Gasteiger partial charge in [0.05, 0.1) is 37.9 Å². The average molecular weight is 733 g/mol. The molecule has 3 aromatic carbocycles. The van der Waals surface area contributed by atoms with Gasteiger partial charge in [0.2, 0.25) is 0 Å². The molecule has 5 rings (SSSR count). The first-order valence-electron chi connectivity index (χ1n) is 17.8. The van der Waals surface area contributed by atoms with Gasteiger partial charge in [0.25, 0.3) is 0 Å². The fraction of sp³-hybridized carbons (Fsp3) is 0.512. The van der Waals surface area contributed by atoms with Crippen molar-refractivity contribution >= 4 is 45.8 Å². The van der Waals surface area contributed by atoms with E-state index in [0.29, 0.717) is 46.8 Å². The molecule has 0 saturated carbocycles. The summed E-state index contributed by atoms with van der Waals surface area (Å²) in [5, 5.41) is 0.431. The zero-order valence-corrected chi connectivity index (χ0v) is 35.0. The molecular weight excluding hydrogens is 677 g/mol. The van der Waals surface area contributed by atoms with Gasteiger partial charge in [-0.25, -0.2) is 0 Å². The predicted octanol–water partition coefficient (Wildman–Crippen LogP) is 10.4. The molecule has 0 fully saturated rings. The molecule has 0 bridgehead atoms. The van der Waals surface area contributed by atoms with Crippen molar-refractivity contribution in [3.05, 3.63) is 64.2 Å². The van der Waals surface area contributed by atoms with Crippen LogP contribution in [0.5, 0.6) is 23.0 Å². The summed E-state index contributed by atoms with van der Waals surface area (Å²) in [6.07, 6.45) is 3.06. The van der Waals surface area contributed by atoms with Gasteiger partial charge in [0, 0.05) is 33.0 Å². The molecule has 1 aliphatic carbocycles. The number of rotatable bonds is 9. The van der Waals surface area contributed by atoms with Crippen molar-refractivity contribution in [2.75, 3.05) is 14.2 Å². The molecular formula is C41H56O8Si2. The van der Waals surface area contributed by atoms with Crippen LogP contribution in [0.1, 0.15) is 107 Å². The summed E-state index contributed by atoms with van der Waals surface area (Å²) in [5.74, 6) is 2.27. The van der Waals surface area contributed by atoms with Crippen LogP contribution in [0.4, 0.5) is 0 Å². The Morgan fingerprint density at radius 2 is 1.51 bits per heavy atom. The second-order valence-corrected chi connectivity index (χ2v) is 26.8. The number of ether oxygens (including phenoxy) is 3. The number of aldehydes is 1. The van der Waals surface area contributed by atoms with E-state index in [1.54, 1.807) is 20.3 Å². The summed E-state index contributed by atoms with van der Waals surface area (Å²) in [6, 6.07) is 9.82. The molecule has 2 atom stereocenters. The summed E-state index contributed by atoms with van der Waals surface area (Å²) in [5.41, 5.74) is 3.75. The highest BCUT2D eigenvalue weighted by Gasteiger charge is 2.65. The van der Waals surface area contributed by atoms with Crippen molar-refractivity contribution in [3.8, 4) is 23.0 Å². The van der Waals surface area contributed by atoms with Crippen LogP contribution in [0.3, 0.4) is 0 Å². The Labute approximate surface area is 306 Å². The Morgan fingerprint density at radius 3 is 2.04 bits per heavy atom. The van der Waals surface area contributed by atoms with Gasteiger partial charge in [-0.1, -0.05) is 74.4 Å². The molecule has 0 amide bonds. The van der Waals surface area contributed by atoms with Gasteiger partial charge in [-0.3, -0.25) is 9.59 Å². The van der Waals surface area contributed by atoms with Gasteiger partial charge in [-0.15, -0.1) is 0 Å². The standard InChI is InChI=1S/C41H56O8Si2/c1-25-22-29-32-37(28(25)16-15-21-42)48-51(40(5,6)7,41(8,9)10)49-38(32)34-33(36(29)45-12)30(46-24-26-17-19-27(44-11)20-18-26)23-31(35(34)43)47-50(13,14)39(2,3)4/h15-22,30-31H,23-24H2,1-14H3/b16-15+/t30-,31-/m0/s1. The number of carbonyl (C=O) groups is 2. The summed E-state index contributed by atoms with van der Waals surface area (Å²) in [6.45, 7) is 26.0. The minimum absolute atomic E-state index is 0.127. The fourth-order valence-electron chi connectivity index (χ4n) is 7.37. The number of Topliss-reactive ketones (excluding diaryl/α,β-unsaturated/α-hetero) is 1. The van der Waals surface area contributed by atoms with E-state index in [0.717, 1.165) is 34.1 Å². The summed E-state index contributed by atoms with van der Waals surface area (Å²) in [4.78, 5) is 26.8. The second-order valence-electron chi connectivity index (χ2n) is 17.4. The Balaban J connectivity index is 1.87. The van der Waals surface area contributed by atoms with E-state index < -0.39 is 39.2 Å². The third-order valence-electron chi connectivity index (χ3n) is 10.9. The molecule has 0 radical (unpaired) electrons. The predicted molar refractivity (Wildman–Crippen MR) is 208 cm³/mol. The molecule has 0 aromatic heterocycles. The molecule has 1 heterocycles. The Bertz CT molecular complexity index is 1840. The number of allylic oxidation sites excluding steroid dienone is 1. The lowest BCUT2D eigenvalue weighted by Gasteiger charge is -2.51. The van der Waals surface area contributed by atoms with Crippen LogP contribution in [-0.4, -0.2) is 49.3 Å².